The molecular formula is C11H14F2N2. The van der Waals surface area contributed by atoms with E-state index in [1.165, 1.54) is 19.3 Å². The summed E-state index contributed by atoms with van der Waals surface area (Å²) in [5.74, 6) is -0.525. The minimum Gasteiger partial charge on any atom is -0.365 e. The Balaban J connectivity index is 2.03. The van der Waals surface area contributed by atoms with Crippen molar-refractivity contribution < 1.29 is 8.78 Å². The van der Waals surface area contributed by atoms with Gasteiger partial charge in [0.25, 0.3) is 0 Å². The van der Waals surface area contributed by atoms with E-state index in [-0.39, 0.29) is 11.9 Å². The van der Waals surface area contributed by atoms with Gasteiger partial charge in [-0.05, 0) is 25.7 Å². The fourth-order valence-electron chi connectivity index (χ4n) is 1.79. The van der Waals surface area contributed by atoms with E-state index in [0.717, 1.165) is 12.3 Å². The summed E-state index contributed by atoms with van der Waals surface area (Å²) in [5.41, 5.74) is 0. The molecule has 0 radical (unpaired) electrons. The molecule has 1 heterocycles. The van der Waals surface area contributed by atoms with E-state index in [0.29, 0.717) is 5.92 Å². The molecule has 1 aromatic heterocycles. The van der Waals surface area contributed by atoms with Gasteiger partial charge in [0.15, 0.2) is 11.6 Å². The standard InChI is InChI=1S/C11H14F2N2/c1-7(8-3-2-4-8)15-11-10(13)5-9(12)6-14-11/h5-8H,2-4H2,1H3,(H,14,15). The number of halogens is 2. The number of aromatic nitrogens is 1. The van der Waals surface area contributed by atoms with Crippen molar-refractivity contribution in [2.24, 2.45) is 5.92 Å². The fourth-order valence-corrected chi connectivity index (χ4v) is 1.79. The van der Waals surface area contributed by atoms with Crippen LogP contribution in [0.3, 0.4) is 0 Å². The van der Waals surface area contributed by atoms with Crippen molar-refractivity contribution >= 4 is 5.82 Å². The molecule has 2 nitrogen and oxygen atoms in total. The van der Waals surface area contributed by atoms with E-state index < -0.39 is 11.6 Å². The van der Waals surface area contributed by atoms with Gasteiger partial charge in [-0.2, -0.15) is 0 Å². The summed E-state index contributed by atoms with van der Waals surface area (Å²) in [6.45, 7) is 2.01. The third-order valence-corrected chi connectivity index (χ3v) is 3.03. The highest BCUT2D eigenvalue weighted by molar-refractivity contribution is 5.37. The lowest BCUT2D eigenvalue weighted by Gasteiger charge is -2.32. The average Bonchev–Trinajstić information content (AvgIpc) is 2.07. The van der Waals surface area contributed by atoms with Crippen molar-refractivity contribution in [3.05, 3.63) is 23.9 Å². The number of nitrogens with one attached hydrogen (secondary N) is 1. The highest BCUT2D eigenvalue weighted by atomic mass is 19.1. The van der Waals surface area contributed by atoms with Crippen LogP contribution in [0.1, 0.15) is 26.2 Å². The number of anilines is 1. The average molecular weight is 212 g/mol. The SMILES string of the molecule is CC(Nc1ncc(F)cc1F)C1CCC1. The lowest BCUT2D eigenvalue weighted by Crippen LogP contribution is -2.31. The maximum atomic E-state index is 13.2. The quantitative estimate of drug-likeness (QED) is 0.833. The van der Waals surface area contributed by atoms with Gasteiger partial charge in [-0.3, -0.25) is 0 Å². The van der Waals surface area contributed by atoms with Gasteiger partial charge in [0.1, 0.15) is 5.82 Å². The Labute approximate surface area is 87.7 Å². The zero-order valence-electron chi connectivity index (χ0n) is 8.63. The zero-order chi connectivity index (χ0) is 10.8. The number of hydrogen-bond acceptors (Lipinski definition) is 2. The van der Waals surface area contributed by atoms with Crippen LogP contribution in [-0.2, 0) is 0 Å². The van der Waals surface area contributed by atoms with Crippen LogP contribution in [0.4, 0.5) is 14.6 Å². The molecule has 1 fully saturated rings. The van der Waals surface area contributed by atoms with Crippen molar-refractivity contribution in [1.29, 1.82) is 0 Å². The number of hydrogen-bond donors (Lipinski definition) is 1. The fraction of sp³-hybridized carbons (Fsp3) is 0.545. The summed E-state index contributed by atoms with van der Waals surface area (Å²) in [4.78, 5) is 3.70. The zero-order valence-corrected chi connectivity index (χ0v) is 8.63. The van der Waals surface area contributed by atoms with Crippen LogP contribution < -0.4 is 5.32 Å². The van der Waals surface area contributed by atoms with Gasteiger partial charge in [-0.15, -0.1) is 0 Å². The van der Waals surface area contributed by atoms with Gasteiger partial charge in [0.2, 0.25) is 0 Å². The first kappa shape index (κ1) is 10.3. The molecule has 4 heteroatoms. The smallest absolute Gasteiger partial charge is 0.168 e. The van der Waals surface area contributed by atoms with Crippen molar-refractivity contribution in [2.75, 3.05) is 5.32 Å². The molecule has 0 amide bonds. The van der Waals surface area contributed by atoms with Crippen molar-refractivity contribution in [1.82, 2.24) is 4.98 Å². The van der Waals surface area contributed by atoms with Gasteiger partial charge >= 0.3 is 0 Å². The number of nitrogens with zero attached hydrogens (tertiary/aromatic N) is 1. The van der Waals surface area contributed by atoms with E-state index in [1.807, 2.05) is 6.92 Å². The Morgan fingerprint density at radius 2 is 2.20 bits per heavy atom. The number of rotatable bonds is 3. The monoisotopic (exact) mass is 212 g/mol. The molecule has 0 saturated heterocycles. The Morgan fingerprint density at radius 3 is 2.73 bits per heavy atom. The van der Waals surface area contributed by atoms with Crippen molar-refractivity contribution in [2.45, 2.75) is 32.2 Å². The largest absolute Gasteiger partial charge is 0.365 e. The highest BCUT2D eigenvalue weighted by Gasteiger charge is 2.24. The topological polar surface area (TPSA) is 24.9 Å². The van der Waals surface area contributed by atoms with E-state index in [9.17, 15) is 8.78 Å². The normalized spacial score (nSPS) is 18.3. The predicted molar refractivity (Wildman–Crippen MR) is 54.6 cm³/mol. The first-order valence-electron chi connectivity index (χ1n) is 5.24. The first-order valence-corrected chi connectivity index (χ1v) is 5.24. The molecule has 82 valence electrons. The predicted octanol–water partition coefficient (Wildman–Crippen LogP) is 2.96. The number of pyridine rings is 1. The molecule has 0 bridgehead atoms. The molecule has 1 atom stereocenters. The van der Waals surface area contributed by atoms with Gasteiger partial charge in [-0.1, -0.05) is 6.42 Å². The molecule has 1 aliphatic rings. The van der Waals surface area contributed by atoms with E-state index in [1.54, 1.807) is 0 Å². The lowest BCUT2D eigenvalue weighted by molar-refractivity contribution is 0.284. The Kier molecular flexibility index (Phi) is 2.84. The molecular weight excluding hydrogens is 198 g/mol. The summed E-state index contributed by atoms with van der Waals surface area (Å²) < 4.78 is 25.8. The van der Waals surface area contributed by atoms with Gasteiger partial charge < -0.3 is 5.32 Å². The van der Waals surface area contributed by atoms with E-state index >= 15 is 0 Å². The molecule has 0 spiro atoms. The van der Waals surface area contributed by atoms with Crippen LogP contribution >= 0.6 is 0 Å². The highest BCUT2D eigenvalue weighted by Crippen LogP contribution is 2.31. The van der Waals surface area contributed by atoms with Gasteiger partial charge in [-0.25, -0.2) is 13.8 Å². The third kappa shape index (κ3) is 2.25. The van der Waals surface area contributed by atoms with Crippen LogP contribution in [0.15, 0.2) is 12.3 Å². The minimum absolute atomic E-state index is 0.149. The van der Waals surface area contributed by atoms with E-state index in [4.69, 9.17) is 0 Å². The minimum atomic E-state index is -0.644. The van der Waals surface area contributed by atoms with Crippen LogP contribution in [0.25, 0.3) is 0 Å². The summed E-state index contributed by atoms with van der Waals surface area (Å²) in [6, 6.07) is 1.05. The summed E-state index contributed by atoms with van der Waals surface area (Å²) in [5, 5.41) is 2.99. The van der Waals surface area contributed by atoms with Crippen LogP contribution in [-0.4, -0.2) is 11.0 Å². The molecule has 1 unspecified atom stereocenters. The van der Waals surface area contributed by atoms with Crippen LogP contribution in [0.5, 0.6) is 0 Å². The second-order valence-corrected chi connectivity index (χ2v) is 4.11. The maximum Gasteiger partial charge on any atom is 0.168 e. The van der Waals surface area contributed by atoms with E-state index in [2.05, 4.69) is 10.3 Å². The molecule has 0 aliphatic heterocycles. The maximum absolute atomic E-state index is 13.2. The molecule has 1 saturated carbocycles. The van der Waals surface area contributed by atoms with Crippen molar-refractivity contribution in [3.8, 4) is 0 Å². The lowest BCUT2D eigenvalue weighted by atomic mass is 9.80. The summed E-state index contributed by atoms with van der Waals surface area (Å²) >= 11 is 0. The Bertz CT molecular complexity index is 350. The van der Waals surface area contributed by atoms with Crippen molar-refractivity contribution in [3.63, 3.8) is 0 Å². The Morgan fingerprint density at radius 1 is 1.47 bits per heavy atom. The second-order valence-electron chi connectivity index (χ2n) is 4.11. The summed E-state index contributed by atoms with van der Waals surface area (Å²) in [6.07, 6.45) is 4.63. The summed E-state index contributed by atoms with van der Waals surface area (Å²) in [7, 11) is 0. The second kappa shape index (κ2) is 4.13. The van der Waals surface area contributed by atoms with Gasteiger partial charge in [0.05, 0.1) is 6.20 Å². The Hall–Kier alpha value is -1.19. The molecule has 1 aliphatic carbocycles. The molecule has 15 heavy (non-hydrogen) atoms. The molecule has 1 aromatic rings. The van der Waals surface area contributed by atoms with Crippen LogP contribution in [0, 0.1) is 17.6 Å². The molecule has 2 rings (SSSR count). The third-order valence-electron chi connectivity index (χ3n) is 3.03. The first-order chi connectivity index (χ1) is 7.16. The van der Waals surface area contributed by atoms with Crippen LogP contribution in [0.2, 0.25) is 0 Å². The molecule has 1 N–H and O–H groups in total. The van der Waals surface area contributed by atoms with Gasteiger partial charge in [0, 0.05) is 12.1 Å². The molecule has 0 aromatic carbocycles.